The normalized spacial score (nSPS) is 18.7. The molecular formula is C15H16N6S. The van der Waals surface area contributed by atoms with Crippen LogP contribution in [0.15, 0.2) is 30.0 Å². The molecule has 2 N–H and O–H groups in total. The summed E-state index contributed by atoms with van der Waals surface area (Å²) in [4.78, 5) is 19.8. The molecule has 1 aliphatic rings. The first kappa shape index (κ1) is 13.4. The molecular weight excluding hydrogens is 296 g/mol. The van der Waals surface area contributed by atoms with E-state index in [1.807, 2.05) is 17.6 Å². The number of hydrogen-bond donors (Lipinski definition) is 1. The van der Waals surface area contributed by atoms with Gasteiger partial charge in [0.1, 0.15) is 18.0 Å². The molecule has 1 unspecified atom stereocenters. The number of rotatable bonds is 2. The van der Waals surface area contributed by atoms with E-state index in [4.69, 9.17) is 5.73 Å². The lowest BCUT2D eigenvalue weighted by atomic mass is 9.98. The maximum atomic E-state index is 5.75. The number of fused-ring (bicyclic) bond motifs is 1. The zero-order valence-corrected chi connectivity index (χ0v) is 12.8. The zero-order chi connectivity index (χ0) is 14.9. The molecule has 112 valence electrons. The summed E-state index contributed by atoms with van der Waals surface area (Å²) < 4.78 is 0. The fourth-order valence-electron chi connectivity index (χ4n) is 3.00. The number of piperidine rings is 1. The third-order valence-corrected chi connectivity index (χ3v) is 4.96. The molecule has 0 amide bonds. The first-order valence-electron chi connectivity index (χ1n) is 7.33. The molecule has 7 heteroatoms. The predicted octanol–water partition coefficient (Wildman–Crippen LogP) is 2.45. The summed E-state index contributed by atoms with van der Waals surface area (Å²) in [6.45, 7) is 1.93. The molecule has 1 aliphatic heterocycles. The lowest BCUT2D eigenvalue weighted by molar-refractivity contribution is 0.506. The molecule has 0 radical (unpaired) electrons. The summed E-state index contributed by atoms with van der Waals surface area (Å²) in [6.07, 6.45) is 5.76. The van der Waals surface area contributed by atoms with Crippen molar-refractivity contribution in [3.63, 3.8) is 0 Å². The van der Waals surface area contributed by atoms with Gasteiger partial charge in [0.15, 0.2) is 5.65 Å². The highest BCUT2D eigenvalue weighted by Crippen LogP contribution is 2.32. The van der Waals surface area contributed by atoms with E-state index in [0.717, 1.165) is 30.7 Å². The largest absolute Gasteiger partial charge is 0.384 e. The Morgan fingerprint density at radius 1 is 1.23 bits per heavy atom. The van der Waals surface area contributed by atoms with Crippen molar-refractivity contribution in [3.8, 4) is 0 Å². The summed E-state index contributed by atoms with van der Waals surface area (Å²) in [5.41, 5.74) is 6.40. The second-order valence-corrected chi connectivity index (χ2v) is 6.39. The third-order valence-electron chi connectivity index (χ3n) is 4.02. The van der Waals surface area contributed by atoms with E-state index >= 15 is 0 Å². The van der Waals surface area contributed by atoms with Crippen LogP contribution in [0.4, 0.5) is 11.6 Å². The number of nitrogens with two attached hydrogens (primary N) is 1. The standard InChI is InChI=1S/C15H16N6S/c16-12-4-3-11-13(20-12)18-9-19-14(11)21-6-1-2-10(8-21)15-17-5-7-22-15/h3-5,7,9-10H,1-2,6,8H2,(H2,16,18,19,20). The van der Waals surface area contributed by atoms with Crippen LogP contribution in [-0.2, 0) is 0 Å². The molecule has 0 saturated carbocycles. The molecule has 3 aromatic rings. The molecule has 4 rings (SSSR count). The Morgan fingerprint density at radius 3 is 3.05 bits per heavy atom. The first-order chi connectivity index (χ1) is 10.8. The number of pyridine rings is 1. The van der Waals surface area contributed by atoms with Crippen molar-refractivity contribution in [2.75, 3.05) is 23.7 Å². The van der Waals surface area contributed by atoms with E-state index in [-0.39, 0.29) is 0 Å². The Labute approximate surface area is 132 Å². The van der Waals surface area contributed by atoms with Crippen molar-refractivity contribution in [2.45, 2.75) is 18.8 Å². The first-order valence-corrected chi connectivity index (χ1v) is 8.21. The lowest BCUT2D eigenvalue weighted by Gasteiger charge is -2.33. The number of thiazole rings is 1. The number of nitrogens with zero attached hydrogens (tertiary/aromatic N) is 5. The second kappa shape index (κ2) is 5.49. The summed E-state index contributed by atoms with van der Waals surface area (Å²) >= 11 is 1.73. The van der Waals surface area contributed by atoms with Gasteiger partial charge in [-0.2, -0.15) is 0 Å². The highest BCUT2D eigenvalue weighted by Gasteiger charge is 2.25. The van der Waals surface area contributed by atoms with E-state index in [0.29, 0.717) is 17.4 Å². The van der Waals surface area contributed by atoms with Crippen molar-refractivity contribution in [2.24, 2.45) is 0 Å². The minimum atomic E-state index is 0.473. The summed E-state index contributed by atoms with van der Waals surface area (Å²) in [6, 6.07) is 3.76. The average Bonchev–Trinajstić information content (AvgIpc) is 3.08. The molecule has 22 heavy (non-hydrogen) atoms. The van der Waals surface area contributed by atoms with Crippen LogP contribution in [0.1, 0.15) is 23.8 Å². The predicted molar refractivity (Wildman–Crippen MR) is 88.0 cm³/mol. The smallest absolute Gasteiger partial charge is 0.166 e. The van der Waals surface area contributed by atoms with Crippen LogP contribution < -0.4 is 10.6 Å². The number of hydrogen-bond acceptors (Lipinski definition) is 7. The molecule has 6 nitrogen and oxygen atoms in total. The monoisotopic (exact) mass is 312 g/mol. The van der Waals surface area contributed by atoms with Crippen LogP contribution >= 0.6 is 11.3 Å². The fraction of sp³-hybridized carbons (Fsp3) is 0.333. The van der Waals surface area contributed by atoms with Crippen molar-refractivity contribution in [3.05, 3.63) is 35.0 Å². The summed E-state index contributed by atoms with van der Waals surface area (Å²) in [5.74, 6) is 1.90. The molecule has 1 saturated heterocycles. The maximum Gasteiger partial charge on any atom is 0.166 e. The van der Waals surface area contributed by atoms with Gasteiger partial charge in [0.25, 0.3) is 0 Å². The summed E-state index contributed by atoms with van der Waals surface area (Å²) in [5, 5.41) is 4.21. The Morgan fingerprint density at radius 2 is 2.18 bits per heavy atom. The highest BCUT2D eigenvalue weighted by molar-refractivity contribution is 7.09. The van der Waals surface area contributed by atoms with Crippen molar-refractivity contribution in [1.82, 2.24) is 19.9 Å². The van der Waals surface area contributed by atoms with Gasteiger partial charge in [-0.3, -0.25) is 0 Å². The Kier molecular flexibility index (Phi) is 3.34. The fourth-order valence-corrected chi connectivity index (χ4v) is 3.77. The summed E-state index contributed by atoms with van der Waals surface area (Å²) in [7, 11) is 0. The Balaban J connectivity index is 1.69. The SMILES string of the molecule is Nc1ccc2c(N3CCCC(c4nccs4)C3)ncnc2n1. The van der Waals surface area contributed by atoms with E-state index in [2.05, 4.69) is 24.8 Å². The average molecular weight is 312 g/mol. The number of nitrogen functional groups attached to an aromatic ring is 1. The van der Waals surface area contributed by atoms with Crippen molar-refractivity contribution < 1.29 is 0 Å². The van der Waals surface area contributed by atoms with Gasteiger partial charge in [0, 0.05) is 30.6 Å². The van der Waals surface area contributed by atoms with Gasteiger partial charge in [-0.15, -0.1) is 11.3 Å². The van der Waals surface area contributed by atoms with Crippen LogP contribution in [0.2, 0.25) is 0 Å². The molecule has 3 aromatic heterocycles. The molecule has 0 aliphatic carbocycles. The topological polar surface area (TPSA) is 80.8 Å². The van der Waals surface area contributed by atoms with Crippen molar-refractivity contribution in [1.29, 1.82) is 0 Å². The minimum Gasteiger partial charge on any atom is -0.384 e. The molecule has 0 spiro atoms. The van der Waals surface area contributed by atoms with Gasteiger partial charge >= 0.3 is 0 Å². The molecule has 4 heterocycles. The van der Waals surface area contributed by atoms with E-state index in [1.165, 1.54) is 11.4 Å². The van der Waals surface area contributed by atoms with Crippen LogP contribution in [0.25, 0.3) is 11.0 Å². The second-order valence-electron chi connectivity index (χ2n) is 5.46. The van der Waals surface area contributed by atoms with E-state index in [1.54, 1.807) is 23.7 Å². The van der Waals surface area contributed by atoms with E-state index < -0.39 is 0 Å². The van der Waals surface area contributed by atoms with Crippen LogP contribution in [0, 0.1) is 0 Å². The van der Waals surface area contributed by atoms with Gasteiger partial charge in [-0.25, -0.2) is 19.9 Å². The van der Waals surface area contributed by atoms with Gasteiger partial charge in [0.2, 0.25) is 0 Å². The van der Waals surface area contributed by atoms with Gasteiger partial charge in [-0.1, -0.05) is 0 Å². The molecule has 0 aromatic carbocycles. The molecule has 1 fully saturated rings. The number of anilines is 2. The quantitative estimate of drug-likeness (QED) is 0.783. The lowest BCUT2D eigenvalue weighted by Crippen LogP contribution is -2.35. The van der Waals surface area contributed by atoms with E-state index in [9.17, 15) is 0 Å². The van der Waals surface area contributed by atoms with Gasteiger partial charge < -0.3 is 10.6 Å². The third kappa shape index (κ3) is 2.37. The van der Waals surface area contributed by atoms with Crippen LogP contribution in [-0.4, -0.2) is 33.0 Å². The molecule has 1 atom stereocenters. The van der Waals surface area contributed by atoms with Crippen molar-refractivity contribution >= 4 is 34.0 Å². The van der Waals surface area contributed by atoms with Crippen LogP contribution in [0.3, 0.4) is 0 Å². The maximum absolute atomic E-state index is 5.75. The Bertz CT molecular complexity index is 788. The van der Waals surface area contributed by atoms with Gasteiger partial charge in [-0.05, 0) is 25.0 Å². The van der Waals surface area contributed by atoms with Crippen LogP contribution in [0.5, 0.6) is 0 Å². The number of aromatic nitrogens is 4. The zero-order valence-electron chi connectivity index (χ0n) is 12.0. The minimum absolute atomic E-state index is 0.473. The molecule has 0 bridgehead atoms. The van der Waals surface area contributed by atoms with Gasteiger partial charge in [0.05, 0.1) is 10.4 Å². The highest BCUT2D eigenvalue weighted by atomic mass is 32.1. The Hall–Kier alpha value is -2.28.